The van der Waals surface area contributed by atoms with Crippen molar-refractivity contribution in [1.82, 2.24) is 9.03 Å². The van der Waals surface area contributed by atoms with Gasteiger partial charge in [0.1, 0.15) is 0 Å². The van der Waals surface area contributed by atoms with Crippen molar-refractivity contribution < 1.29 is 8.42 Å². The van der Waals surface area contributed by atoms with Gasteiger partial charge in [0.2, 0.25) is 0 Å². The summed E-state index contributed by atoms with van der Waals surface area (Å²) in [5, 5.41) is 0. The summed E-state index contributed by atoms with van der Waals surface area (Å²) < 4.78 is 29.0. The number of nitrogens with zero attached hydrogens (tertiary/aromatic N) is 1. The molecule has 3 atom stereocenters. The lowest BCUT2D eigenvalue weighted by Crippen LogP contribution is -2.49. The predicted molar refractivity (Wildman–Crippen MR) is 72.2 cm³/mol. The molecule has 1 heterocycles. The van der Waals surface area contributed by atoms with Gasteiger partial charge in [-0.2, -0.15) is 17.4 Å². The SMILES string of the molecule is CC1CCC(NS(=O)(=O)N2CCCC(CN)C2)C1. The number of nitrogens with two attached hydrogens (primary N) is 1. The minimum Gasteiger partial charge on any atom is -0.330 e. The van der Waals surface area contributed by atoms with E-state index >= 15 is 0 Å². The highest BCUT2D eigenvalue weighted by atomic mass is 32.2. The molecule has 6 heteroatoms. The molecule has 18 heavy (non-hydrogen) atoms. The van der Waals surface area contributed by atoms with Crippen LogP contribution < -0.4 is 10.5 Å². The number of nitrogens with one attached hydrogen (secondary N) is 1. The molecule has 1 aliphatic carbocycles. The van der Waals surface area contributed by atoms with E-state index in [9.17, 15) is 8.42 Å². The highest BCUT2D eigenvalue weighted by molar-refractivity contribution is 7.87. The summed E-state index contributed by atoms with van der Waals surface area (Å²) in [7, 11) is -3.31. The van der Waals surface area contributed by atoms with E-state index in [1.807, 2.05) is 0 Å². The molecule has 0 radical (unpaired) electrons. The molecular weight excluding hydrogens is 250 g/mol. The van der Waals surface area contributed by atoms with Crippen LogP contribution in [0, 0.1) is 11.8 Å². The average Bonchev–Trinajstić information content (AvgIpc) is 2.74. The van der Waals surface area contributed by atoms with Crippen molar-refractivity contribution in [3.63, 3.8) is 0 Å². The highest BCUT2D eigenvalue weighted by Gasteiger charge is 2.32. The van der Waals surface area contributed by atoms with Crippen LogP contribution in [0.25, 0.3) is 0 Å². The Bertz CT molecular complexity index is 372. The van der Waals surface area contributed by atoms with Gasteiger partial charge in [0, 0.05) is 19.1 Å². The van der Waals surface area contributed by atoms with Gasteiger partial charge in [0.05, 0.1) is 0 Å². The Morgan fingerprint density at radius 2 is 2.11 bits per heavy atom. The molecule has 0 spiro atoms. The normalized spacial score (nSPS) is 34.9. The Kier molecular flexibility index (Phi) is 4.64. The van der Waals surface area contributed by atoms with Gasteiger partial charge in [-0.15, -0.1) is 0 Å². The Morgan fingerprint density at radius 3 is 2.72 bits per heavy atom. The first-order valence-corrected chi connectivity index (χ1v) is 8.42. The van der Waals surface area contributed by atoms with Gasteiger partial charge < -0.3 is 5.73 Å². The third-order valence-electron chi connectivity index (χ3n) is 4.17. The van der Waals surface area contributed by atoms with E-state index in [2.05, 4.69) is 11.6 Å². The van der Waals surface area contributed by atoms with Crippen molar-refractivity contribution in [2.24, 2.45) is 17.6 Å². The second-order valence-electron chi connectivity index (χ2n) is 5.84. The fraction of sp³-hybridized carbons (Fsp3) is 1.00. The molecule has 3 unspecified atom stereocenters. The van der Waals surface area contributed by atoms with Gasteiger partial charge in [-0.05, 0) is 50.5 Å². The summed E-state index contributed by atoms with van der Waals surface area (Å²) >= 11 is 0. The molecular formula is C12H25N3O2S. The van der Waals surface area contributed by atoms with E-state index in [1.165, 1.54) is 0 Å². The first-order valence-electron chi connectivity index (χ1n) is 6.98. The molecule has 0 aromatic rings. The number of hydrogen-bond acceptors (Lipinski definition) is 3. The van der Waals surface area contributed by atoms with E-state index in [0.29, 0.717) is 31.5 Å². The van der Waals surface area contributed by atoms with E-state index in [-0.39, 0.29) is 6.04 Å². The van der Waals surface area contributed by atoms with Crippen LogP contribution in [0.2, 0.25) is 0 Å². The average molecular weight is 275 g/mol. The van der Waals surface area contributed by atoms with Gasteiger partial charge in [-0.25, -0.2) is 0 Å². The summed E-state index contributed by atoms with van der Waals surface area (Å²) in [4.78, 5) is 0. The molecule has 0 amide bonds. The molecule has 2 fully saturated rings. The van der Waals surface area contributed by atoms with Gasteiger partial charge >= 0.3 is 0 Å². The zero-order valence-corrected chi connectivity index (χ0v) is 12.0. The molecule has 3 N–H and O–H groups in total. The molecule has 2 rings (SSSR count). The van der Waals surface area contributed by atoms with E-state index in [0.717, 1.165) is 32.1 Å². The van der Waals surface area contributed by atoms with Crippen molar-refractivity contribution >= 4 is 10.2 Å². The van der Waals surface area contributed by atoms with Crippen LogP contribution in [-0.4, -0.2) is 38.4 Å². The van der Waals surface area contributed by atoms with Crippen molar-refractivity contribution in [1.29, 1.82) is 0 Å². The second-order valence-corrected chi connectivity index (χ2v) is 7.54. The van der Waals surface area contributed by atoms with Crippen LogP contribution in [0.4, 0.5) is 0 Å². The largest absolute Gasteiger partial charge is 0.330 e. The molecule has 106 valence electrons. The van der Waals surface area contributed by atoms with Crippen LogP contribution >= 0.6 is 0 Å². The lowest BCUT2D eigenvalue weighted by Gasteiger charge is -2.32. The molecule has 2 aliphatic rings. The zero-order chi connectivity index (χ0) is 13.2. The maximum atomic E-state index is 12.3. The third-order valence-corrected chi connectivity index (χ3v) is 5.81. The topological polar surface area (TPSA) is 75.4 Å². The van der Waals surface area contributed by atoms with Gasteiger partial charge in [0.25, 0.3) is 10.2 Å². The van der Waals surface area contributed by atoms with Gasteiger partial charge in [-0.3, -0.25) is 0 Å². The third kappa shape index (κ3) is 3.44. The summed E-state index contributed by atoms with van der Waals surface area (Å²) in [6.07, 6.45) is 5.02. The maximum Gasteiger partial charge on any atom is 0.279 e. The van der Waals surface area contributed by atoms with Crippen LogP contribution in [0.3, 0.4) is 0 Å². The molecule has 1 saturated heterocycles. The molecule has 0 aromatic heterocycles. The Hall–Kier alpha value is -0.170. The van der Waals surface area contributed by atoms with Crippen molar-refractivity contribution in [3.8, 4) is 0 Å². The van der Waals surface area contributed by atoms with Crippen molar-refractivity contribution in [2.75, 3.05) is 19.6 Å². The Morgan fingerprint density at radius 1 is 1.33 bits per heavy atom. The highest BCUT2D eigenvalue weighted by Crippen LogP contribution is 2.26. The monoisotopic (exact) mass is 275 g/mol. The smallest absolute Gasteiger partial charge is 0.279 e. The first-order chi connectivity index (χ1) is 8.51. The summed E-state index contributed by atoms with van der Waals surface area (Å²) in [6, 6.07) is 0.128. The van der Waals surface area contributed by atoms with E-state index < -0.39 is 10.2 Å². The lowest BCUT2D eigenvalue weighted by atomic mass is 10.0. The van der Waals surface area contributed by atoms with Crippen LogP contribution in [0.1, 0.15) is 39.0 Å². The minimum absolute atomic E-state index is 0.128. The molecule has 5 nitrogen and oxygen atoms in total. The maximum absolute atomic E-state index is 12.3. The molecule has 0 bridgehead atoms. The number of piperidine rings is 1. The Labute approximate surface area is 110 Å². The van der Waals surface area contributed by atoms with Crippen molar-refractivity contribution in [2.45, 2.75) is 45.1 Å². The first kappa shape index (κ1) is 14.2. The molecule has 1 aliphatic heterocycles. The minimum atomic E-state index is -3.31. The summed E-state index contributed by atoms with van der Waals surface area (Å²) in [6.45, 7) is 3.97. The summed E-state index contributed by atoms with van der Waals surface area (Å²) in [5.74, 6) is 0.952. The lowest BCUT2D eigenvalue weighted by molar-refractivity contribution is 0.267. The van der Waals surface area contributed by atoms with Crippen LogP contribution in [0.15, 0.2) is 0 Å². The number of hydrogen-bond donors (Lipinski definition) is 2. The second kappa shape index (κ2) is 5.86. The van der Waals surface area contributed by atoms with Gasteiger partial charge in [-0.1, -0.05) is 6.92 Å². The van der Waals surface area contributed by atoms with Crippen LogP contribution in [0.5, 0.6) is 0 Å². The van der Waals surface area contributed by atoms with E-state index in [4.69, 9.17) is 5.73 Å². The fourth-order valence-corrected chi connectivity index (χ4v) is 4.60. The Balaban J connectivity index is 1.93. The van der Waals surface area contributed by atoms with Crippen molar-refractivity contribution in [3.05, 3.63) is 0 Å². The van der Waals surface area contributed by atoms with Gasteiger partial charge in [0.15, 0.2) is 0 Å². The predicted octanol–water partition coefficient (Wildman–Crippen LogP) is 0.680. The summed E-state index contributed by atoms with van der Waals surface area (Å²) in [5.41, 5.74) is 5.65. The van der Waals surface area contributed by atoms with E-state index in [1.54, 1.807) is 4.31 Å². The number of rotatable bonds is 4. The standard InChI is InChI=1S/C12H25N3O2S/c1-10-4-5-12(7-10)14-18(16,17)15-6-2-3-11(8-13)9-15/h10-12,14H,2-9,13H2,1H3. The van der Waals surface area contributed by atoms with Crippen LogP contribution in [-0.2, 0) is 10.2 Å². The fourth-order valence-electron chi connectivity index (χ4n) is 3.04. The molecule has 0 aromatic carbocycles. The quantitative estimate of drug-likeness (QED) is 0.792. The molecule has 1 saturated carbocycles. The zero-order valence-electron chi connectivity index (χ0n) is 11.1.